The third-order valence-electron chi connectivity index (χ3n) is 1.56. The highest BCUT2D eigenvalue weighted by atomic mass is 33.1. The number of carbonyl (C=O) groups is 2. The van der Waals surface area contributed by atoms with Gasteiger partial charge in [-0.15, -0.1) is 0 Å². The van der Waals surface area contributed by atoms with E-state index in [4.69, 9.17) is 0 Å². The molecule has 11 heavy (non-hydrogen) atoms. The van der Waals surface area contributed by atoms with Crippen LogP contribution >= 0.6 is 21.6 Å². The average Bonchev–Trinajstić information content (AvgIpc) is 1.93. The van der Waals surface area contributed by atoms with Gasteiger partial charge in [0.15, 0.2) is 0 Å². The molecule has 0 saturated carbocycles. The van der Waals surface area contributed by atoms with Crippen LogP contribution in [0.15, 0.2) is 0 Å². The summed E-state index contributed by atoms with van der Waals surface area (Å²) in [5, 5.41) is 0.177. The van der Waals surface area contributed by atoms with E-state index in [1.54, 1.807) is 17.7 Å². The summed E-state index contributed by atoms with van der Waals surface area (Å²) in [4.78, 5) is 21.8. The molecule has 0 aromatic heterocycles. The first-order valence-corrected chi connectivity index (χ1v) is 5.85. The van der Waals surface area contributed by atoms with E-state index in [0.717, 1.165) is 12.2 Å². The van der Waals surface area contributed by atoms with Gasteiger partial charge >= 0.3 is 0 Å². The van der Waals surface area contributed by atoms with E-state index in [1.807, 2.05) is 0 Å². The fourth-order valence-corrected chi connectivity index (χ4v) is 3.22. The molecule has 1 atom stereocenters. The zero-order chi connectivity index (χ0) is 8.27. The number of hydrogen-bond acceptors (Lipinski definition) is 4. The molecule has 1 saturated heterocycles. The number of rotatable bonds is 2. The molecule has 0 aromatic rings. The maximum absolute atomic E-state index is 11.1. The molecule has 1 fully saturated rings. The Morgan fingerprint density at radius 1 is 1.73 bits per heavy atom. The van der Waals surface area contributed by atoms with Crippen molar-refractivity contribution in [1.29, 1.82) is 0 Å². The Labute approximate surface area is 73.9 Å². The lowest BCUT2D eigenvalue weighted by atomic mass is 10.0. The molecule has 0 aromatic carbocycles. The highest BCUT2D eigenvalue weighted by molar-refractivity contribution is 8.82. The molecule has 1 unspecified atom stereocenters. The number of ketones is 1. The van der Waals surface area contributed by atoms with Crippen LogP contribution in [0, 0.1) is 5.92 Å². The topological polar surface area (TPSA) is 34.1 Å². The zero-order valence-corrected chi connectivity index (χ0v) is 7.96. The highest BCUT2D eigenvalue weighted by Crippen LogP contribution is 2.35. The number of carbonyl (C=O) groups excluding carboxylic acids is 2. The fraction of sp³-hybridized carbons (Fsp3) is 0.714. The summed E-state index contributed by atoms with van der Waals surface area (Å²) in [6.07, 6.45) is 1.31. The van der Waals surface area contributed by atoms with Crippen LogP contribution in [0.3, 0.4) is 0 Å². The Kier molecular flexibility index (Phi) is 3.45. The second-order valence-electron chi connectivity index (χ2n) is 2.62. The maximum Gasteiger partial charge on any atom is 0.202 e. The molecule has 2 nitrogen and oxygen atoms in total. The summed E-state index contributed by atoms with van der Waals surface area (Å²) in [5.74, 6) is 1.11. The second-order valence-corrected chi connectivity index (χ2v) is 5.04. The van der Waals surface area contributed by atoms with Crippen molar-refractivity contribution in [3.8, 4) is 0 Å². The molecule has 1 aliphatic heterocycles. The molecule has 0 N–H and O–H groups in total. The molecule has 1 rings (SSSR count). The van der Waals surface area contributed by atoms with Crippen LogP contribution in [0.1, 0.15) is 19.8 Å². The molecule has 0 amide bonds. The van der Waals surface area contributed by atoms with Gasteiger partial charge in [-0.2, -0.15) is 0 Å². The van der Waals surface area contributed by atoms with Gasteiger partial charge in [0, 0.05) is 18.1 Å². The molecule has 4 heteroatoms. The van der Waals surface area contributed by atoms with Crippen molar-refractivity contribution < 1.29 is 9.59 Å². The lowest BCUT2D eigenvalue weighted by Crippen LogP contribution is -2.17. The molecule has 62 valence electrons. The van der Waals surface area contributed by atoms with E-state index in [-0.39, 0.29) is 16.8 Å². The van der Waals surface area contributed by atoms with Crippen molar-refractivity contribution in [2.75, 3.05) is 5.75 Å². The van der Waals surface area contributed by atoms with Gasteiger partial charge < -0.3 is 4.79 Å². The summed E-state index contributed by atoms with van der Waals surface area (Å²) in [7, 11) is 2.88. The summed E-state index contributed by atoms with van der Waals surface area (Å²) in [6, 6.07) is 0. The van der Waals surface area contributed by atoms with Gasteiger partial charge in [0.05, 0.1) is 0 Å². The van der Waals surface area contributed by atoms with Crippen molar-refractivity contribution in [3.63, 3.8) is 0 Å². The fourth-order valence-electron chi connectivity index (χ4n) is 1.01. The maximum atomic E-state index is 11.1. The van der Waals surface area contributed by atoms with Crippen molar-refractivity contribution in [2.45, 2.75) is 19.8 Å². The lowest BCUT2D eigenvalue weighted by Gasteiger charge is -2.17. The predicted octanol–water partition coefficient (Wildman–Crippen LogP) is 1.89. The minimum atomic E-state index is -0.00116. The number of Topliss-reactive ketones (excluding diaryl/α,β-unsaturated/α-hetero) is 1. The molecule has 0 spiro atoms. The minimum Gasteiger partial charge on any atom is -0.300 e. The Morgan fingerprint density at radius 2 is 2.45 bits per heavy atom. The number of hydrogen-bond donors (Lipinski definition) is 0. The monoisotopic (exact) mass is 190 g/mol. The van der Waals surface area contributed by atoms with Gasteiger partial charge in [-0.25, -0.2) is 0 Å². The molecule has 1 aliphatic rings. The van der Waals surface area contributed by atoms with E-state index in [9.17, 15) is 9.59 Å². The largest absolute Gasteiger partial charge is 0.300 e. The van der Waals surface area contributed by atoms with Crippen molar-refractivity contribution in [2.24, 2.45) is 5.92 Å². The third kappa shape index (κ3) is 2.87. The molecule has 0 aliphatic carbocycles. The van der Waals surface area contributed by atoms with Crippen molar-refractivity contribution in [1.82, 2.24) is 0 Å². The first-order chi connectivity index (χ1) is 5.20. The van der Waals surface area contributed by atoms with E-state index >= 15 is 0 Å². The van der Waals surface area contributed by atoms with E-state index < -0.39 is 0 Å². The molecule has 0 radical (unpaired) electrons. The first kappa shape index (κ1) is 9.13. The summed E-state index contributed by atoms with van der Waals surface area (Å²) >= 11 is 0. The van der Waals surface area contributed by atoms with Gasteiger partial charge in [0.25, 0.3) is 0 Å². The summed E-state index contributed by atoms with van der Waals surface area (Å²) < 4.78 is 0. The van der Waals surface area contributed by atoms with Crippen LogP contribution in [-0.2, 0) is 9.59 Å². The highest BCUT2D eigenvalue weighted by Gasteiger charge is 2.24. The van der Waals surface area contributed by atoms with E-state index in [1.165, 1.54) is 10.8 Å². The smallest absolute Gasteiger partial charge is 0.202 e. The first-order valence-electron chi connectivity index (χ1n) is 3.53. The Balaban J connectivity index is 2.42. The van der Waals surface area contributed by atoms with E-state index in [2.05, 4.69) is 0 Å². The summed E-state index contributed by atoms with van der Waals surface area (Å²) in [6.45, 7) is 1.54. The van der Waals surface area contributed by atoms with Crippen molar-refractivity contribution in [3.05, 3.63) is 0 Å². The average molecular weight is 190 g/mol. The van der Waals surface area contributed by atoms with Crippen LogP contribution in [-0.4, -0.2) is 16.7 Å². The second kappa shape index (κ2) is 4.16. The molecular formula is C7H10O2S2. The van der Waals surface area contributed by atoms with Gasteiger partial charge in [0.1, 0.15) is 5.78 Å². The van der Waals surface area contributed by atoms with Crippen LogP contribution < -0.4 is 0 Å². The summed E-state index contributed by atoms with van der Waals surface area (Å²) in [5.41, 5.74) is 0. The zero-order valence-electron chi connectivity index (χ0n) is 6.33. The quantitative estimate of drug-likeness (QED) is 0.623. The Bertz CT molecular complexity index is 179. The minimum absolute atomic E-state index is 0.00116. The molecule has 1 heterocycles. The van der Waals surface area contributed by atoms with Crippen LogP contribution in [0.25, 0.3) is 0 Å². The van der Waals surface area contributed by atoms with Crippen LogP contribution in [0.5, 0.6) is 0 Å². The van der Waals surface area contributed by atoms with E-state index in [0.29, 0.717) is 6.42 Å². The Morgan fingerprint density at radius 3 is 3.00 bits per heavy atom. The third-order valence-corrected chi connectivity index (χ3v) is 3.92. The van der Waals surface area contributed by atoms with Gasteiger partial charge in [-0.1, -0.05) is 10.8 Å². The normalized spacial score (nSPS) is 25.2. The van der Waals surface area contributed by atoms with Crippen LogP contribution in [0.2, 0.25) is 0 Å². The van der Waals surface area contributed by atoms with Gasteiger partial charge in [0.2, 0.25) is 5.12 Å². The SMILES string of the molecule is CC(=O)CC1CCSSC1=O. The van der Waals surface area contributed by atoms with Crippen molar-refractivity contribution >= 4 is 32.5 Å². The van der Waals surface area contributed by atoms with Gasteiger partial charge in [-0.05, 0) is 24.1 Å². The predicted molar refractivity (Wildman–Crippen MR) is 48.5 cm³/mol. The molecule has 0 bridgehead atoms. The standard InChI is InChI=1S/C7H10O2S2/c1-5(8)4-6-2-3-10-11-7(6)9/h6H,2-4H2,1H3. The lowest BCUT2D eigenvalue weighted by molar-refractivity contribution is -0.122. The van der Waals surface area contributed by atoms with Crippen LogP contribution in [0.4, 0.5) is 0 Å². The van der Waals surface area contributed by atoms with Gasteiger partial charge in [-0.3, -0.25) is 4.79 Å². The Hall–Kier alpha value is 0.0400. The molecular weight excluding hydrogens is 180 g/mol.